The molecule has 3 atom stereocenters. The van der Waals surface area contributed by atoms with Gasteiger partial charge in [-0.2, -0.15) is 0 Å². The Morgan fingerprint density at radius 2 is 2.00 bits per heavy atom. The monoisotopic (exact) mass is 235 g/mol. The molecule has 0 aliphatic heterocycles. The van der Waals surface area contributed by atoms with Gasteiger partial charge in [-0.1, -0.05) is 26.7 Å². The van der Waals surface area contributed by atoms with E-state index in [1.54, 1.807) is 6.07 Å². The molecular weight excluding hydrogens is 213 g/mol. The number of benzene rings is 1. The van der Waals surface area contributed by atoms with Crippen LogP contribution in [0.1, 0.15) is 38.7 Å². The Morgan fingerprint density at radius 3 is 2.71 bits per heavy atom. The summed E-state index contributed by atoms with van der Waals surface area (Å²) in [7, 11) is 0. The first-order valence-corrected chi connectivity index (χ1v) is 6.60. The van der Waals surface area contributed by atoms with E-state index in [0.29, 0.717) is 12.0 Å². The van der Waals surface area contributed by atoms with Crippen LogP contribution in [0, 0.1) is 24.6 Å². The molecule has 0 bridgehead atoms. The molecule has 3 unspecified atom stereocenters. The lowest BCUT2D eigenvalue weighted by Crippen LogP contribution is -2.35. The van der Waals surface area contributed by atoms with Crippen LogP contribution >= 0.6 is 0 Å². The molecular formula is C15H22FN. The van der Waals surface area contributed by atoms with E-state index in [-0.39, 0.29) is 5.82 Å². The number of hydrogen-bond acceptors (Lipinski definition) is 1. The van der Waals surface area contributed by atoms with E-state index >= 15 is 0 Å². The number of hydrogen-bond donors (Lipinski definition) is 1. The first kappa shape index (κ1) is 12.4. The van der Waals surface area contributed by atoms with Gasteiger partial charge in [0.1, 0.15) is 5.82 Å². The standard InChI is InChI=1S/C15H22FN/c1-10-5-4-6-15(12(10)3)17-14-8-7-13(16)9-11(14)2/h7-10,12,15,17H,4-6H2,1-3H3. The van der Waals surface area contributed by atoms with Crippen molar-refractivity contribution in [2.24, 2.45) is 11.8 Å². The van der Waals surface area contributed by atoms with Crippen molar-refractivity contribution in [2.75, 3.05) is 5.32 Å². The fourth-order valence-corrected chi connectivity index (χ4v) is 2.77. The molecule has 0 radical (unpaired) electrons. The number of rotatable bonds is 2. The van der Waals surface area contributed by atoms with E-state index in [9.17, 15) is 4.39 Å². The third-order valence-corrected chi connectivity index (χ3v) is 4.24. The largest absolute Gasteiger partial charge is 0.382 e. The van der Waals surface area contributed by atoms with Crippen molar-refractivity contribution >= 4 is 5.69 Å². The molecule has 1 aliphatic rings. The number of halogens is 1. The van der Waals surface area contributed by atoms with Crippen molar-refractivity contribution in [2.45, 2.75) is 46.1 Å². The van der Waals surface area contributed by atoms with Gasteiger partial charge in [-0.3, -0.25) is 0 Å². The summed E-state index contributed by atoms with van der Waals surface area (Å²) in [6.07, 6.45) is 3.85. The van der Waals surface area contributed by atoms with Crippen molar-refractivity contribution in [1.29, 1.82) is 0 Å². The summed E-state index contributed by atoms with van der Waals surface area (Å²) in [4.78, 5) is 0. The Labute approximate surface area is 103 Å². The van der Waals surface area contributed by atoms with Gasteiger partial charge in [0.2, 0.25) is 0 Å². The second-order valence-corrected chi connectivity index (χ2v) is 5.48. The molecule has 0 spiro atoms. The average Bonchev–Trinajstić information content (AvgIpc) is 2.28. The van der Waals surface area contributed by atoms with Crippen LogP contribution in [-0.4, -0.2) is 6.04 Å². The van der Waals surface area contributed by atoms with Crippen LogP contribution in [0.5, 0.6) is 0 Å². The minimum Gasteiger partial charge on any atom is -0.382 e. The van der Waals surface area contributed by atoms with Gasteiger partial charge in [-0.15, -0.1) is 0 Å². The van der Waals surface area contributed by atoms with Crippen molar-refractivity contribution in [3.05, 3.63) is 29.6 Å². The van der Waals surface area contributed by atoms with Gasteiger partial charge in [0, 0.05) is 11.7 Å². The zero-order valence-electron chi connectivity index (χ0n) is 11.0. The van der Waals surface area contributed by atoms with E-state index in [1.165, 1.54) is 25.3 Å². The highest BCUT2D eigenvalue weighted by molar-refractivity contribution is 5.51. The van der Waals surface area contributed by atoms with E-state index in [4.69, 9.17) is 0 Å². The second kappa shape index (κ2) is 5.07. The van der Waals surface area contributed by atoms with Gasteiger partial charge < -0.3 is 5.32 Å². The maximum absolute atomic E-state index is 13.0. The Balaban J connectivity index is 2.09. The maximum Gasteiger partial charge on any atom is 0.123 e. The molecule has 94 valence electrons. The van der Waals surface area contributed by atoms with E-state index in [2.05, 4.69) is 19.2 Å². The highest BCUT2D eigenvalue weighted by Crippen LogP contribution is 2.32. The molecule has 1 aromatic carbocycles. The minimum atomic E-state index is -0.155. The molecule has 1 nitrogen and oxygen atoms in total. The van der Waals surface area contributed by atoms with Gasteiger partial charge in [-0.05, 0) is 48.9 Å². The lowest BCUT2D eigenvalue weighted by molar-refractivity contribution is 0.253. The molecule has 1 aromatic rings. The first-order valence-electron chi connectivity index (χ1n) is 6.60. The molecule has 2 rings (SSSR count). The van der Waals surface area contributed by atoms with Crippen molar-refractivity contribution in [3.8, 4) is 0 Å². The van der Waals surface area contributed by atoms with Crippen molar-refractivity contribution < 1.29 is 4.39 Å². The summed E-state index contributed by atoms with van der Waals surface area (Å²) in [5.74, 6) is 1.31. The predicted molar refractivity (Wildman–Crippen MR) is 70.7 cm³/mol. The van der Waals surface area contributed by atoms with Crippen LogP contribution in [0.2, 0.25) is 0 Å². The molecule has 1 aliphatic carbocycles. The highest BCUT2D eigenvalue weighted by atomic mass is 19.1. The van der Waals surface area contributed by atoms with Gasteiger partial charge in [-0.25, -0.2) is 4.39 Å². The van der Waals surface area contributed by atoms with Crippen LogP contribution < -0.4 is 5.32 Å². The fourth-order valence-electron chi connectivity index (χ4n) is 2.77. The third kappa shape index (κ3) is 2.80. The fraction of sp³-hybridized carbons (Fsp3) is 0.600. The SMILES string of the molecule is Cc1cc(F)ccc1NC1CCCC(C)C1C. The smallest absolute Gasteiger partial charge is 0.123 e. The normalized spacial score (nSPS) is 29.1. The van der Waals surface area contributed by atoms with E-state index in [1.807, 2.05) is 13.0 Å². The molecule has 0 saturated heterocycles. The molecule has 1 fully saturated rings. The lowest BCUT2D eigenvalue weighted by atomic mass is 9.78. The Bertz CT molecular complexity index is 389. The van der Waals surface area contributed by atoms with Crippen LogP contribution in [0.4, 0.5) is 10.1 Å². The molecule has 0 amide bonds. The summed E-state index contributed by atoms with van der Waals surface area (Å²) >= 11 is 0. The molecule has 1 N–H and O–H groups in total. The minimum absolute atomic E-state index is 0.155. The Kier molecular flexibility index (Phi) is 3.70. The zero-order chi connectivity index (χ0) is 12.4. The highest BCUT2D eigenvalue weighted by Gasteiger charge is 2.26. The summed E-state index contributed by atoms with van der Waals surface area (Å²) < 4.78 is 13.0. The summed E-state index contributed by atoms with van der Waals surface area (Å²) in [6.45, 7) is 6.61. The zero-order valence-corrected chi connectivity index (χ0v) is 11.0. The third-order valence-electron chi connectivity index (χ3n) is 4.24. The van der Waals surface area contributed by atoms with Crippen molar-refractivity contribution in [1.82, 2.24) is 0 Å². The van der Waals surface area contributed by atoms with Crippen LogP contribution in [0.15, 0.2) is 18.2 Å². The molecule has 1 saturated carbocycles. The molecule has 2 heteroatoms. The first-order chi connectivity index (χ1) is 8.08. The number of anilines is 1. The summed E-state index contributed by atoms with van der Waals surface area (Å²) in [5.41, 5.74) is 2.08. The molecule has 0 heterocycles. The Hall–Kier alpha value is -1.05. The van der Waals surface area contributed by atoms with Gasteiger partial charge in [0.05, 0.1) is 0 Å². The van der Waals surface area contributed by atoms with Crippen LogP contribution in [-0.2, 0) is 0 Å². The molecule has 17 heavy (non-hydrogen) atoms. The molecule has 0 aromatic heterocycles. The second-order valence-electron chi connectivity index (χ2n) is 5.48. The number of nitrogens with one attached hydrogen (secondary N) is 1. The van der Waals surface area contributed by atoms with E-state index < -0.39 is 0 Å². The summed E-state index contributed by atoms with van der Waals surface area (Å²) in [5, 5.41) is 3.59. The van der Waals surface area contributed by atoms with Gasteiger partial charge in [0.15, 0.2) is 0 Å². The van der Waals surface area contributed by atoms with Crippen molar-refractivity contribution in [3.63, 3.8) is 0 Å². The quantitative estimate of drug-likeness (QED) is 0.802. The van der Waals surface area contributed by atoms with Crippen LogP contribution in [0.3, 0.4) is 0 Å². The maximum atomic E-state index is 13.0. The van der Waals surface area contributed by atoms with E-state index in [0.717, 1.165) is 17.2 Å². The topological polar surface area (TPSA) is 12.0 Å². The Morgan fingerprint density at radius 1 is 1.24 bits per heavy atom. The lowest BCUT2D eigenvalue weighted by Gasteiger charge is -2.35. The summed E-state index contributed by atoms with van der Waals surface area (Å²) in [6, 6.07) is 5.52. The van der Waals surface area contributed by atoms with Gasteiger partial charge in [0.25, 0.3) is 0 Å². The van der Waals surface area contributed by atoms with Crippen LogP contribution in [0.25, 0.3) is 0 Å². The average molecular weight is 235 g/mol. The number of aryl methyl sites for hydroxylation is 1. The van der Waals surface area contributed by atoms with Gasteiger partial charge >= 0.3 is 0 Å². The predicted octanol–water partition coefficient (Wildman–Crippen LogP) is 4.37.